The van der Waals surface area contributed by atoms with Crippen LogP contribution < -0.4 is 10.1 Å². The van der Waals surface area contributed by atoms with Crippen molar-refractivity contribution >= 4 is 17.3 Å². The second-order valence-electron chi connectivity index (χ2n) is 4.93. The van der Waals surface area contributed by atoms with Gasteiger partial charge in [0.05, 0.1) is 13.2 Å². The second-order valence-corrected chi connectivity index (χ2v) is 5.36. The van der Waals surface area contributed by atoms with Crippen LogP contribution in [0.2, 0.25) is 5.02 Å². The van der Waals surface area contributed by atoms with Crippen LogP contribution in [-0.2, 0) is 6.42 Å². The van der Waals surface area contributed by atoms with E-state index in [0.29, 0.717) is 0 Å². The average molecular weight is 292 g/mol. The monoisotopic (exact) mass is 291 g/mol. The van der Waals surface area contributed by atoms with Crippen LogP contribution in [-0.4, -0.2) is 7.11 Å². The van der Waals surface area contributed by atoms with Gasteiger partial charge in [0.2, 0.25) is 0 Å². The molecule has 3 rings (SSSR count). The Morgan fingerprint density at radius 2 is 2.10 bits per heavy atom. The number of hydrogen-bond donors (Lipinski definition) is 1. The molecule has 0 fully saturated rings. The summed E-state index contributed by atoms with van der Waals surface area (Å²) in [4.78, 5) is 0. The third-order valence-electron chi connectivity index (χ3n) is 3.67. The maximum Gasteiger partial charge on any atom is 0.165 e. The van der Waals surface area contributed by atoms with Gasteiger partial charge in [-0.25, -0.2) is 4.39 Å². The fourth-order valence-corrected chi connectivity index (χ4v) is 2.88. The minimum absolute atomic E-state index is 0.234. The molecule has 0 spiro atoms. The molecule has 1 aliphatic rings. The quantitative estimate of drug-likeness (QED) is 0.893. The third kappa shape index (κ3) is 2.46. The summed E-state index contributed by atoms with van der Waals surface area (Å²) in [6, 6.07) is 11.0. The lowest BCUT2D eigenvalue weighted by atomic mass is 10.1. The van der Waals surface area contributed by atoms with Gasteiger partial charge in [-0.15, -0.1) is 0 Å². The van der Waals surface area contributed by atoms with Crippen molar-refractivity contribution in [2.45, 2.75) is 18.9 Å². The maximum atomic E-state index is 13.4. The van der Waals surface area contributed by atoms with E-state index in [1.165, 1.54) is 24.3 Å². The summed E-state index contributed by atoms with van der Waals surface area (Å²) in [5.41, 5.74) is 3.40. The molecule has 104 valence electrons. The minimum atomic E-state index is -0.350. The highest BCUT2D eigenvalue weighted by Crippen LogP contribution is 2.36. The number of anilines is 1. The molecule has 2 nitrogen and oxygen atoms in total. The zero-order chi connectivity index (χ0) is 14.1. The summed E-state index contributed by atoms with van der Waals surface area (Å²) in [5, 5.41) is 4.20. The molecule has 2 aromatic carbocycles. The van der Waals surface area contributed by atoms with E-state index in [9.17, 15) is 4.39 Å². The fraction of sp³-hybridized carbons (Fsp3) is 0.250. The Morgan fingerprint density at radius 3 is 2.90 bits per heavy atom. The molecule has 1 N–H and O–H groups in total. The lowest BCUT2D eigenvalue weighted by Crippen LogP contribution is -2.07. The number of benzene rings is 2. The van der Waals surface area contributed by atoms with E-state index in [-0.39, 0.29) is 17.6 Å². The van der Waals surface area contributed by atoms with Gasteiger partial charge in [0, 0.05) is 16.8 Å². The molecular weight excluding hydrogens is 277 g/mol. The molecule has 20 heavy (non-hydrogen) atoms. The predicted octanol–water partition coefficient (Wildman–Crippen LogP) is 4.59. The number of fused-ring (bicyclic) bond motifs is 1. The first-order valence-electron chi connectivity index (χ1n) is 6.56. The van der Waals surface area contributed by atoms with Crippen molar-refractivity contribution in [3.05, 3.63) is 58.4 Å². The van der Waals surface area contributed by atoms with Gasteiger partial charge >= 0.3 is 0 Å². The Bertz CT molecular complexity index is 644. The number of hydrogen-bond acceptors (Lipinski definition) is 2. The van der Waals surface area contributed by atoms with Crippen molar-refractivity contribution in [1.82, 2.24) is 0 Å². The van der Waals surface area contributed by atoms with Crippen molar-refractivity contribution in [2.75, 3.05) is 12.4 Å². The molecule has 0 bridgehead atoms. The highest BCUT2D eigenvalue weighted by molar-refractivity contribution is 6.30. The van der Waals surface area contributed by atoms with Gasteiger partial charge in [-0.1, -0.05) is 17.7 Å². The largest absolute Gasteiger partial charge is 0.494 e. The Balaban J connectivity index is 1.84. The van der Waals surface area contributed by atoms with Crippen LogP contribution in [0.15, 0.2) is 36.4 Å². The summed E-state index contributed by atoms with van der Waals surface area (Å²) >= 11 is 6.01. The summed E-state index contributed by atoms with van der Waals surface area (Å²) in [6.07, 6.45) is 2.02. The van der Waals surface area contributed by atoms with E-state index < -0.39 is 0 Å². The van der Waals surface area contributed by atoms with Gasteiger partial charge in [0.15, 0.2) is 11.6 Å². The van der Waals surface area contributed by atoms with Crippen LogP contribution in [0.3, 0.4) is 0 Å². The predicted molar refractivity (Wildman–Crippen MR) is 79.1 cm³/mol. The number of rotatable bonds is 3. The van der Waals surface area contributed by atoms with Crippen molar-refractivity contribution < 1.29 is 9.13 Å². The Hall–Kier alpha value is -1.74. The molecule has 0 amide bonds. The number of halogens is 2. The Labute approximate surface area is 122 Å². The SMILES string of the molecule is COc1cc(NC2CCc3cc(Cl)ccc32)ccc1F. The molecule has 2 aromatic rings. The number of nitrogens with one attached hydrogen (secondary N) is 1. The Kier molecular flexibility index (Phi) is 3.53. The van der Waals surface area contributed by atoms with Crippen molar-refractivity contribution in [3.8, 4) is 5.75 Å². The van der Waals surface area contributed by atoms with Gasteiger partial charge in [-0.3, -0.25) is 0 Å². The van der Waals surface area contributed by atoms with Crippen LogP contribution >= 0.6 is 11.6 Å². The zero-order valence-corrected chi connectivity index (χ0v) is 11.9. The first kappa shape index (κ1) is 13.3. The van der Waals surface area contributed by atoms with Crippen LogP contribution in [0, 0.1) is 5.82 Å². The van der Waals surface area contributed by atoms with Gasteiger partial charge < -0.3 is 10.1 Å². The molecule has 0 aliphatic heterocycles. The van der Waals surface area contributed by atoms with Crippen molar-refractivity contribution in [3.63, 3.8) is 0 Å². The molecule has 1 aliphatic carbocycles. The van der Waals surface area contributed by atoms with E-state index >= 15 is 0 Å². The Morgan fingerprint density at radius 1 is 1.25 bits per heavy atom. The highest BCUT2D eigenvalue weighted by Gasteiger charge is 2.22. The molecule has 1 atom stereocenters. The third-order valence-corrected chi connectivity index (χ3v) is 3.91. The second kappa shape index (κ2) is 5.33. The van der Waals surface area contributed by atoms with Gasteiger partial charge in [0.25, 0.3) is 0 Å². The number of aryl methyl sites for hydroxylation is 1. The number of ether oxygens (including phenoxy) is 1. The van der Waals surface area contributed by atoms with Crippen LogP contribution in [0.5, 0.6) is 5.75 Å². The summed E-state index contributed by atoms with van der Waals surface area (Å²) in [5.74, 6) is -0.0963. The van der Waals surface area contributed by atoms with Crippen molar-refractivity contribution in [1.29, 1.82) is 0 Å². The summed E-state index contributed by atoms with van der Waals surface area (Å²) < 4.78 is 18.4. The molecule has 0 aromatic heterocycles. The zero-order valence-electron chi connectivity index (χ0n) is 11.1. The standard InChI is InChI=1S/C16H15ClFNO/c1-20-16-9-12(4-6-14(16)18)19-15-7-2-10-8-11(17)3-5-13(10)15/h3-6,8-9,15,19H,2,7H2,1H3. The van der Waals surface area contributed by atoms with E-state index in [0.717, 1.165) is 23.6 Å². The molecule has 0 heterocycles. The number of methoxy groups -OCH3 is 1. The lowest BCUT2D eigenvalue weighted by molar-refractivity contribution is 0.386. The molecule has 0 radical (unpaired) electrons. The first-order valence-corrected chi connectivity index (χ1v) is 6.93. The lowest BCUT2D eigenvalue weighted by Gasteiger charge is -2.16. The molecule has 0 saturated heterocycles. The maximum absolute atomic E-state index is 13.4. The van der Waals surface area contributed by atoms with Gasteiger partial charge in [0.1, 0.15) is 0 Å². The van der Waals surface area contributed by atoms with E-state index in [1.54, 1.807) is 12.1 Å². The molecular formula is C16H15ClFNO. The van der Waals surface area contributed by atoms with E-state index in [4.69, 9.17) is 16.3 Å². The normalized spacial score (nSPS) is 16.9. The van der Waals surface area contributed by atoms with Crippen LogP contribution in [0.1, 0.15) is 23.6 Å². The van der Waals surface area contributed by atoms with E-state index in [2.05, 4.69) is 11.4 Å². The van der Waals surface area contributed by atoms with Gasteiger partial charge in [-0.2, -0.15) is 0 Å². The van der Waals surface area contributed by atoms with Crippen LogP contribution in [0.4, 0.5) is 10.1 Å². The smallest absolute Gasteiger partial charge is 0.165 e. The molecule has 4 heteroatoms. The van der Waals surface area contributed by atoms with Crippen LogP contribution in [0.25, 0.3) is 0 Å². The summed E-state index contributed by atoms with van der Waals surface area (Å²) in [6.45, 7) is 0. The fourth-order valence-electron chi connectivity index (χ4n) is 2.69. The van der Waals surface area contributed by atoms with Crippen molar-refractivity contribution in [2.24, 2.45) is 0 Å². The molecule has 1 unspecified atom stereocenters. The van der Waals surface area contributed by atoms with E-state index in [1.807, 2.05) is 12.1 Å². The summed E-state index contributed by atoms with van der Waals surface area (Å²) in [7, 11) is 1.47. The first-order chi connectivity index (χ1) is 9.67. The highest BCUT2D eigenvalue weighted by atomic mass is 35.5. The average Bonchev–Trinajstić information content (AvgIpc) is 2.83. The minimum Gasteiger partial charge on any atom is -0.494 e. The molecule has 0 saturated carbocycles. The topological polar surface area (TPSA) is 21.3 Å². The van der Waals surface area contributed by atoms with Gasteiger partial charge in [-0.05, 0) is 48.2 Å².